The van der Waals surface area contributed by atoms with Crippen LogP contribution >= 0.6 is 0 Å². The Bertz CT molecular complexity index is 232. The Morgan fingerprint density at radius 1 is 1.25 bits per heavy atom. The van der Waals surface area contributed by atoms with Gasteiger partial charge in [-0.2, -0.15) is 0 Å². The van der Waals surface area contributed by atoms with Crippen molar-refractivity contribution in [3.8, 4) is 0 Å². The van der Waals surface area contributed by atoms with Gasteiger partial charge >= 0.3 is 0 Å². The first kappa shape index (κ1) is 7.96. The molecular formula is C10H14O2. The summed E-state index contributed by atoms with van der Waals surface area (Å²) in [4.78, 5) is 23.0. The van der Waals surface area contributed by atoms with E-state index in [9.17, 15) is 9.59 Å². The molecule has 2 nitrogen and oxygen atoms in total. The largest absolute Gasteiger partial charge is 0.299 e. The third kappa shape index (κ3) is 1.01. The number of ketones is 2. The van der Waals surface area contributed by atoms with Gasteiger partial charge in [-0.25, -0.2) is 0 Å². The topological polar surface area (TPSA) is 34.1 Å². The van der Waals surface area contributed by atoms with Gasteiger partial charge in [-0.15, -0.1) is 0 Å². The van der Waals surface area contributed by atoms with Gasteiger partial charge in [0.25, 0.3) is 0 Å². The Hall–Kier alpha value is -0.660. The molecule has 3 atom stereocenters. The van der Waals surface area contributed by atoms with Crippen LogP contribution in [0.3, 0.4) is 0 Å². The van der Waals surface area contributed by atoms with Crippen molar-refractivity contribution in [1.82, 2.24) is 0 Å². The van der Waals surface area contributed by atoms with Gasteiger partial charge in [0, 0.05) is 12.3 Å². The van der Waals surface area contributed by atoms with Crippen LogP contribution in [0.5, 0.6) is 0 Å². The van der Waals surface area contributed by atoms with Crippen LogP contribution in [0.15, 0.2) is 0 Å². The average Bonchev–Trinajstić information content (AvgIpc) is 2.01. The molecule has 0 radical (unpaired) electrons. The van der Waals surface area contributed by atoms with Crippen LogP contribution in [0.4, 0.5) is 0 Å². The lowest BCUT2D eigenvalue weighted by atomic mass is 9.66. The van der Waals surface area contributed by atoms with Gasteiger partial charge in [0.05, 0.1) is 5.92 Å². The average molecular weight is 166 g/mol. The van der Waals surface area contributed by atoms with Gasteiger partial charge in [0.1, 0.15) is 11.6 Å². The van der Waals surface area contributed by atoms with Crippen LogP contribution < -0.4 is 0 Å². The standard InChI is InChI=1S/C10H14O2/c1-6-5-9(11)8-4-2-3-7(6)10(8)12/h6-8H,2-5H2,1H3/t6-,7-,8+/m0/s1. The Morgan fingerprint density at radius 2 is 2.00 bits per heavy atom. The molecule has 0 aromatic carbocycles. The minimum atomic E-state index is -0.208. The monoisotopic (exact) mass is 166 g/mol. The van der Waals surface area contributed by atoms with Crippen LogP contribution in [-0.4, -0.2) is 11.6 Å². The summed E-state index contributed by atoms with van der Waals surface area (Å²) >= 11 is 0. The molecule has 2 fully saturated rings. The van der Waals surface area contributed by atoms with Crippen LogP contribution in [0.25, 0.3) is 0 Å². The lowest BCUT2D eigenvalue weighted by molar-refractivity contribution is -0.144. The van der Waals surface area contributed by atoms with Gasteiger partial charge in [0.2, 0.25) is 0 Å². The number of hydrogen-bond acceptors (Lipinski definition) is 2. The van der Waals surface area contributed by atoms with Gasteiger partial charge in [-0.3, -0.25) is 9.59 Å². The zero-order valence-corrected chi connectivity index (χ0v) is 7.38. The molecule has 2 bridgehead atoms. The third-order valence-corrected chi connectivity index (χ3v) is 3.32. The van der Waals surface area contributed by atoms with E-state index in [0.717, 1.165) is 19.3 Å². The molecular weight excluding hydrogens is 152 g/mol. The number of hydrogen-bond donors (Lipinski definition) is 0. The van der Waals surface area contributed by atoms with Crippen molar-refractivity contribution in [1.29, 1.82) is 0 Å². The van der Waals surface area contributed by atoms with Crippen LogP contribution in [0, 0.1) is 17.8 Å². The molecule has 0 N–H and O–H groups in total. The van der Waals surface area contributed by atoms with Crippen LogP contribution in [0.1, 0.15) is 32.6 Å². The molecule has 12 heavy (non-hydrogen) atoms. The quantitative estimate of drug-likeness (QED) is 0.512. The van der Waals surface area contributed by atoms with E-state index in [1.165, 1.54) is 0 Å². The van der Waals surface area contributed by atoms with E-state index < -0.39 is 0 Å². The molecule has 2 heteroatoms. The molecule has 0 aromatic heterocycles. The fourth-order valence-electron chi connectivity index (χ4n) is 2.57. The molecule has 0 unspecified atom stereocenters. The summed E-state index contributed by atoms with van der Waals surface area (Å²) in [5.74, 6) is 0.747. The summed E-state index contributed by atoms with van der Waals surface area (Å²) in [5.41, 5.74) is 0. The van der Waals surface area contributed by atoms with Crippen molar-refractivity contribution in [3.63, 3.8) is 0 Å². The highest BCUT2D eigenvalue weighted by atomic mass is 16.2. The second-order valence-corrected chi connectivity index (χ2v) is 4.14. The molecule has 0 saturated heterocycles. The molecule has 2 aliphatic carbocycles. The van der Waals surface area contributed by atoms with E-state index in [-0.39, 0.29) is 23.4 Å². The Kier molecular flexibility index (Phi) is 1.78. The second-order valence-electron chi connectivity index (χ2n) is 4.14. The predicted octanol–water partition coefficient (Wildman–Crippen LogP) is 1.58. The summed E-state index contributed by atoms with van der Waals surface area (Å²) < 4.78 is 0. The van der Waals surface area contributed by atoms with Crippen molar-refractivity contribution in [3.05, 3.63) is 0 Å². The van der Waals surface area contributed by atoms with Crippen LogP contribution in [-0.2, 0) is 9.59 Å². The van der Waals surface area contributed by atoms with Crippen molar-refractivity contribution in [2.24, 2.45) is 17.8 Å². The molecule has 2 rings (SSSR count). The molecule has 0 aliphatic heterocycles. The number of carbonyl (C=O) groups excluding carboxylic acids is 2. The minimum Gasteiger partial charge on any atom is -0.299 e. The highest BCUT2D eigenvalue weighted by molar-refractivity contribution is 6.06. The SMILES string of the molecule is C[C@H]1CC(=O)[C@H]2CCC[C@@H]1C2=O. The summed E-state index contributed by atoms with van der Waals surface area (Å²) in [7, 11) is 0. The number of Topliss-reactive ketones (excluding diaryl/α,β-unsaturated/α-hetero) is 2. The maximum absolute atomic E-state index is 11.6. The van der Waals surface area contributed by atoms with Crippen LogP contribution in [0.2, 0.25) is 0 Å². The molecule has 0 heterocycles. The Morgan fingerprint density at radius 3 is 2.75 bits per heavy atom. The highest BCUT2D eigenvalue weighted by Crippen LogP contribution is 2.38. The molecule has 0 amide bonds. The second kappa shape index (κ2) is 2.68. The van der Waals surface area contributed by atoms with Gasteiger partial charge in [-0.1, -0.05) is 13.3 Å². The lowest BCUT2D eigenvalue weighted by Gasteiger charge is -2.36. The van der Waals surface area contributed by atoms with Gasteiger partial charge < -0.3 is 0 Å². The van der Waals surface area contributed by atoms with E-state index in [1.54, 1.807) is 0 Å². The molecule has 0 spiro atoms. The Labute approximate surface area is 72.3 Å². The molecule has 66 valence electrons. The number of carbonyl (C=O) groups is 2. The lowest BCUT2D eigenvalue weighted by Crippen LogP contribution is -2.43. The fourth-order valence-corrected chi connectivity index (χ4v) is 2.57. The minimum absolute atomic E-state index is 0.198. The Balaban J connectivity index is 2.26. The van der Waals surface area contributed by atoms with E-state index >= 15 is 0 Å². The van der Waals surface area contributed by atoms with E-state index in [4.69, 9.17) is 0 Å². The first-order chi connectivity index (χ1) is 5.70. The van der Waals surface area contributed by atoms with E-state index in [2.05, 4.69) is 0 Å². The smallest absolute Gasteiger partial charge is 0.146 e. The third-order valence-electron chi connectivity index (χ3n) is 3.32. The normalized spacial score (nSPS) is 41.6. The predicted molar refractivity (Wildman–Crippen MR) is 44.6 cm³/mol. The first-order valence-electron chi connectivity index (χ1n) is 4.76. The van der Waals surface area contributed by atoms with Crippen molar-refractivity contribution < 1.29 is 9.59 Å². The van der Waals surface area contributed by atoms with Crippen molar-refractivity contribution in [2.45, 2.75) is 32.6 Å². The summed E-state index contributed by atoms with van der Waals surface area (Å²) in [5, 5.41) is 0. The molecule has 0 aromatic rings. The highest BCUT2D eigenvalue weighted by Gasteiger charge is 2.43. The first-order valence-corrected chi connectivity index (χ1v) is 4.76. The zero-order chi connectivity index (χ0) is 8.72. The fraction of sp³-hybridized carbons (Fsp3) is 0.800. The zero-order valence-electron chi connectivity index (χ0n) is 7.38. The summed E-state index contributed by atoms with van der Waals surface area (Å²) in [6.07, 6.45) is 3.54. The molecule has 2 aliphatic rings. The maximum atomic E-state index is 11.6. The summed E-state index contributed by atoms with van der Waals surface area (Å²) in [6, 6.07) is 0. The molecule has 2 saturated carbocycles. The maximum Gasteiger partial charge on any atom is 0.146 e. The van der Waals surface area contributed by atoms with Gasteiger partial charge in [-0.05, 0) is 18.8 Å². The van der Waals surface area contributed by atoms with E-state index in [0.29, 0.717) is 12.3 Å². The number of rotatable bonds is 0. The van der Waals surface area contributed by atoms with Crippen molar-refractivity contribution in [2.75, 3.05) is 0 Å². The summed E-state index contributed by atoms with van der Waals surface area (Å²) in [6.45, 7) is 2.03. The van der Waals surface area contributed by atoms with Crippen molar-refractivity contribution >= 4 is 11.6 Å². The number of fused-ring (bicyclic) bond motifs is 2. The van der Waals surface area contributed by atoms with E-state index in [1.807, 2.05) is 6.92 Å². The van der Waals surface area contributed by atoms with Gasteiger partial charge in [0.15, 0.2) is 0 Å².